The summed E-state index contributed by atoms with van der Waals surface area (Å²) in [7, 11) is 0. The molecular formula is C30H50O6. The Morgan fingerprint density at radius 2 is 1.22 bits per heavy atom. The van der Waals surface area contributed by atoms with Gasteiger partial charge in [0.25, 0.3) is 0 Å². The van der Waals surface area contributed by atoms with Crippen LogP contribution < -0.4 is 0 Å². The summed E-state index contributed by atoms with van der Waals surface area (Å²) in [4.78, 5) is 24.5. The van der Waals surface area contributed by atoms with Crippen LogP contribution in [0.25, 0.3) is 0 Å². The van der Waals surface area contributed by atoms with Crippen LogP contribution in [0.3, 0.4) is 0 Å². The molecule has 0 saturated heterocycles. The lowest BCUT2D eigenvalue weighted by Gasteiger charge is -2.39. The highest BCUT2D eigenvalue weighted by Crippen LogP contribution is 2.43. The van der Waals surface area contributed by atoms with E-state index in [9.17, 15) is 19.8 Å². The Morgan fingerprint density at radius 3 is 1.64 bits per heavy atom. The molecule has 0 aromatic carbocycles. The SMILES string of the molecule is C=C(C(=O)OCC(COC(=O)C(=C)C(C)O)C1CCC(C2CCC(CCCCC)CC2)CC1)C(C)O. The fraction of sp³-hybridized carbons (Fsp3) is 0.800. The smallest absolute Gasteiger partial charge is 0.336 e. The van der Waals surface area contributed by atoms with Gasteiger partial charge < -0.3 is 19.7 Å². The van der Waals surface area contributed by atoms with Gasteiger partial charge in [0, 0.05) is 5.92 Å². The van der Waals surface area contributed by atoms with Crippen LogP contribution in [0, 0.1) is 29.6 Å². The highest BCUT2D eigenvalue weighted by molar-refractivity contribution is 5.89. The van der Waals surface area contributed by atoms with E-state index in [1.54, 1.807) is 0 Å². The Morgan fingerprint density at radius 1 is 0.778 bits per heavy atom. The lowest BCUT2D eigenvalue weighted by Crippen LogP contribution is -2.33. The number of aliphatic hydroxyl groups excluding tert-OH is 2. The number of hydrogen-bond acceptors (Lipinski definition) is 6. The van der Waals surface area contributed by atoms with E-state index in [1.807, 2.05) is 0 Å². The van der Waals surface area contributed by atoms with Crippen molar-refractivity contribution in [3.63, 3.8) is 0 Å². The summed E-state index contributed by atoms with van der Waals surface area (Å²) < 4.78 is 10.9. The van der Waals surface area contributed by atoms with Crippen molar-refractivity contribution in [2.24, 2.45) is 29.6 Å². The molecule has 2 fully saturated rings. The number of esters is 2. The molecule has 6 nitrogen and oxygen atoms in total. The molecule has 0 aromatic heterocycles. The summed E-state index contributed by atoms with van der Waals surface area (Å²) in [5.74, 6) is 1.40. The quantitative estimate of drug-likeness (QED) is 0.177. The zero-order valence-corrected chi connectivity index (χ0v) is 22.9. The normalized spacial score (nSPS) is 26.9. The molecule has 0 heterocycles. The first-order valence-electron chi connectivity index (χ1n) is 14.2. The fourth-order valence-corrected chi connectivity index (χ4v) is 5.93. The van der Waals surface area contributed by atoms with Crippen molar-refractivity contribution >= 4 is 11.9 Å². The minimum atomic E-state index is -0.972. The fourth-order valence-electron chi connectivity index (χ4n) is 5.93. The van der Waals surface area contributed by atoms with Crippen LogP contribution in [0.5, 0.6) is 0 Å². The van der Waals surface area contributed by atoms with Crippen molar-refractivity contribution < 1.29 is 29.3 Å². The molecule has 2 rings (SSSR count). The van der Waals surface area contributed by atoms with E-state index >= 15 is 0 Å². The van der Waals surface area contributed by atoms with E-state index in [0.717, 1.165) is 43.4 Å². The van der Waals surface area contributed by atoms with Crippen LogP contribution in [-0.2, 0) is 19.1 Å². The predicted molar refractivity (Wildman–Crippen MR) is 142 cm³/mol. The number of carbonyl (C=O) groups is 2. The van der Waals surface area contributed by atoms with Gasteiger partial charge in [0.1, 0.15) is 0 Å². The van der Waals surface area contributed by atoms with Crippen LogP contribution >= 0.6 is 0 Å². The monoisotopic (exact) mass is 506 g/mol. The molecule has 2 aliphatic rings. The standard InChI is InChI=1S/C30H50O6/c1-6-7-8-9-24-10-12-25(13-11-24)26-14-16-27(17-15-26)28(18-35-29(33)20(2)22(4)31)19-36-30(34)21(3)23(5)32/h22-28,31-32H,2-3,6-19H2,1,4-5H3. The van der Waals surface area contributed by atoms with Gasteiger partial charge in [0.15, 0.2) is 0 Å². The van der Waals surface area contributed by atoms with Crippen LogP contribution in [0.15, 0.2) is 24.3 Å². The van der Waals surface area contributed by atoms with Gasteiger partial charge in [-0.2, -0.15) is 0 Å². The van der Waals surface area contributed by atoms with Crippen molar-refractivity contribution in [2.75, 3.05) is 13.2 Å². The molecule has 2 atom stereocenters. The van der Waals surface area contributed by atoms with Gasteiger partial charge in [-0.05, 0) is 76.0 Å². The highest BCUT2D eigenvalue weighted by Gasteiger charge is 2.34. The molecule has 36 heavy (non-hydrogen) atoms. The largest absolute Gasteiger partial charge is 0.462 e. The molecule has 0 aliphatic heterocycles. The van der Waals surface area contributed by atoms with E-state index in [4.69, 9.17) is 9.47 Å². The number of unbranched alkanes of at least 4 members (excludes halogenated alkanes) is 2. The minimum absolute atomic E-state index is 0.0160. The minimum Gasteiger partial charge on any atom is -0.462 e. The summed E-state index contributed by atoms with van der Waals surface area (Å²) in [5, 5.41) is 19.2. The van der Waals surface area contributed by atoms with E-state index in [0.29, 0.717) is 0 Å². The molecule has 2 unspecified atom stereocenters. The molecule has 0 radical (unpaired) electrons. The first-order valence-corrected chi connectivity index (χ1v) is 14.2. The number of aliphatic hydroxyl groups is 2. The van der Waals surface area contributed by atoms with Crippen LogP contribution in [0.4, 0.5) is 0 Å². The number of carbonyl (C=O) groups excluding carboxylic acids is 2. The third kappa shape index (κ3) is 9.66. The second-order valence-electron chi connectivity index (χ2n) is 11.3. The highest BCUT2D eigenvalue weighted by atomic mass is 16.5. The lowest BCUT2D eigenvalue weighted by molar-refractivity contribution is -0.147. The maximum atomic E-state index is 12.2. The second kappa shape index (κ2) is 15.6. The lowest BCUT2D eigenvalue weighted by atomic mass is 9.67. The van der Waals surface area contributed by atoms with Crippen LogP contribution in [0.2, 0.25) is 0 Å². The van der Waals surface area contributed by atoms with Crippen LogP contribution in [0.1, 0.15) is 97.8 Å². The Balaban J connectivity index is 1.88. The molecule has 206 valence electrons. The Hall–Kier alpha value is -1.66. The number of ether oxygens (including phenoxy) is 2. The summed E-state index contributed by atoms with van der Waals surface area (Å²) in [6.07, 6.45) is 13.3. The third-order valence-corrected chi connectivity index (χ3v) is 8.65. The average Bonchev–Trinajstić information content (AvgIpc) is 2.88. The molecular weight excluding hydrogens is 456 g/mol. The third-order valence-electron chi connectivity index (χ3n) is 8.65. The van der Waals surface area contributed by atoms with Crippen molar-refractivity contribution in [1.82, 2.24) is 0 Å². The zero-order valence-electron chi connectivity index (χ0n) is 22.9. The average molecular weight is 507 g/mol. The molecule has 6 heteroatoms. The summed E-state index contributed by atoms with van der Waals surface area (Å²) in [6, 6.07) is 0. The molecule has 2 aliphatic carbocycles. The van der Waals surface area contributed by atoms with Crippen molar-refractivity contribution in [2.45, 2.75) is 110 Å². The predicted octanol–water partition coefficient (Wildman–Crippen LogP) is 5.76. The van der Waals surface area contributed by atoms with Crippen LogP contribution in [-0.4, -0.2) is 47.6 Å². The zero-order chi connectivity index (χ0) is 26.7. The van der Waals surface area contributed by atoms with Crippen molar-refractivity contribution in [3.8, 4) is 0 Å². The summed E-state index contributed by atoms with van der Waals surface area (Å²) in [6.45, 7) is 12.6. The van der Waals surface area contributed by atoms with Crippen molar-refractivity contribution in [1.29, 1.82) is 0 Å². The molecule has 0 aromatic rings. The number of rotatable bonds is 14. The van der Waals surface area contributed by atoms with Crippen molar-refractivity contribution in [3.05, 3.63) is 24.3 Å². The molecule has 0 spiro atoms. The maximum Gasteiger partial charge on any atom is 0.336 e. The Kier molecular flexibility index (Phi) is 13.2. The Labute approximate surface area is 218 Å². The van der Waals surface area contributed by atoms with Gasteiger partial charge in [0.2, 0.25) is 0 Å². The maximum absolute atomic E-state index is 12.2. The van der Waals surface area contributed by atoms with Gasteiger partial charge in [0.05, 0.1) is 36.6 Å². The second-order valence-corrected chi connectivity index (χ2v) is 11.3. The topological polar surface area (TPSA) is 93.1 Å². The van der Waals surface area contributed by atoms with E-state index in [2.05, 4.69) is 20.1 Å². The number of hydrogen-bond donors (Lipinski definition) is 2. The van der Waals surface area contributed by atoms with Gasteiger partial charge in [-0.15, -0.1) is 0 Å². The van der Waals surface area contributed by atoms with E-state index in [1.165, 1.54) is 65.2 Å². The molecule has 2 N–H and O–H groups in total. The van der Waals surface area contributed by atoms with E-state index in [-0.39, 0.29) is 36.2 Å². The summed E-state index contributed by atoms with van der Waals surface area (Å²) in [5.41, 5.74) is 0.0319. The molecule has 0 bridgehead atoms. The Bertz CT molecular complexity index is 675. The van der Waals surface area contributed by atoms with E-state index < -0.39 is 24.1 Å². The van der Waals surface area contributed by atoms with Gasteiger partial charge in [-0.25, -0.2) is 9.59 Å². The van der Waals surface area contributed by atoms with Gasteiger partial charge >= 0.3 is 11.9 Å². The first-order chi connectivity index (χ1) is 17.1. The molecule has 2 saturated carbocycles. The molecule has 0 amide bonds. The van der Waals surface area contributed by atoms with Gasteiger partial charge in [-0.3, -0.25) is 0 Å². The summed E-state index contributed by atoms with van der Waals surface area (Å²) >= 11 is 0. The van der Waals surface area contributed by atoms with Gasteiger partial charge in [-0.1, -0.05) is 58.6 Å². The first kappa shape index (κ1) is 30.6.